The predicted molar refractivity (Wildman–Crippen MR) is 51.9 cm³/mol. The Morgan fingerprint density at radius 3 is 2.20 bits per heavy atom. The van der Waals surface area contributed by atoms with Crippen molar-refractivity contribution in [3.8, 4) is 0 Å². The molecule has 1 atom stereocenters. The monoisotopic (exact) mass is 209 g/mol. The fourth-order valence-corrected chi connectivity index (χ4v) is 1.17. The molecular formula is C9H11N3O3. The lowest BCUT2D eigenvalue weighted by Crippen LogP contribution is -2.55. The Balaban J connectivity index is 3.25. The minimum Gasteiger partial charge on any atom is -0.368 e. The van der Waals surface area contributed by atoms with Crippen LogP contribution in [0.2, 0.25) is 0 Å². The predicted octanol–water partition coefficient (Wildman–Crippen LogP) is -1.65. The molecule has 0 aliphatic carbocycles. The van der Waals surface area contributed by atoms with E-state index in [-0.39, 0.29) is 5.56 Å². The Morgan fingerprint density at radius 2 is 1.80 bits per heavy atom. The molecular weight excluding hydrogens is 198 g/mol. The minimum absolute atomic E-state index is 0.0699. The van der Waals surface area contributed by atoms with Crippen molar-refractivity contribution in [1.82, 2.24) is 5.43 Å². The summed E-state index contributed by atoms with van der Waals surface area (Å²) in [7, 11) is 0. The normalized spacial score (nSPS) is 14.0. The standard InChI is InChI=1S/C9H11N3O3/c10-7(13)9(15,8(14)12-11)6-4-2-1-3-5-6/h1-5,15H,11H2,(H2,10,13)(H,12,14). The number of nitrogens with two attached hydrogens (primary N) is 2. The van der Waals surface area contributed by atoms with Gasteiger partial charge in [-0.3, -0.25) is 15.0 Å². The zero-order valence-corrected chi connectivity index (χ0v) is 7.81. The molecule has 1 aromatic carbocycles. The molecule has 0 saturated heterocycles. The van der Waals surface area contributed by atoms with Gasteiger partial charge in [-0.15, -0.1) is 0 Å². The van der Waals surface area contributed by atoms with Crippen LogP contribution in [0.25, 0.3) is 0 Å². The molecule has 0 aromatic heterocycles. The lowest BCUT2D eigenvalue weighted by molar-refractivity contribution is -0.153. The van der Waals surface area contributed by atoms with Gasteiger partial charge in [0.1, 0.15) is 0 Å². The maximum absolute atomic E-state index is 11.3. The van der Waals surface area contributed by atoms with Crippen LogP contribution >= 0.6 is 0 Å². The smallest absolute Gasteiger partial charge is 0.280 e. The topological polar surface area (TPSA) is 118 Å². The lowest BCUT2D eigenvalue weighted by atomic mass is 9.92. The molecule has 1 aromatic rings. The number of primary amides is 1. The van der Waals surface area contributed by atoms with Gasteiger partial charge in [0.2, 0.25) is 5.60 Å². The molecule has 6 N–H and O–H groups in total. The number of nitrogens with one attached hydrogen (secondary N) is 1. The largest absolute Gasteiger partial charge is 0.368 e. The summed E-state index contributed by atoms with van der Waals surface area (Å²) in [6, 6.07) is 7.60. The highest BCUT2D eigenvalue weighted by Gasteiger charge is 2.43. The van der Waals surface area contributed by atoms with Crippen LogP contribution in [-0.4, -0.2) is 16.9 Å². The van der Waals surface area contributed by atoms with Crippen molar-refractivity contribution < 1.29 is 14.7 Å². The van der Waals surface area contributed by atoms with E-state index in [1.165, 1.54) is 12.1 Å². The third kappa shape index (κ3) is 1.80. The second kappa shape index (κ2) is 4.07. The van der Waals surface area contributed by atoms with Crippen LogP contribution in [0.4, 0.5) is 0 Å². The Bertz CT molecular complexity index is 379. The van der Waals surface area contributed by atoms with Crippen LogP contribution in [0.3, 0.4) is 0 Å². The first-order valence-corrected chi connectivity index (χ1v) is 4.12. The van der Waals surface area contributed by atoms with Gasteiger partial charge < -0.3 is 10.8 Å². The van der Waals surface area contributed by atoms with Gasteiger partial charge in [0.05, 0.1) is 0 Å². The van der Waals surface area contributed by atoms with E-state index in [2.05, 4.69) is 0 Å². The van der Waals surface area contributed by atoms with Crippen molar-refractivity contribution in [3.63, 3.8) is 0 Å². The van der Waals surface area contributed by atoms with Crippen molar-refractivity contribution in [1.29, 1.82) is 0 Å². The third-order valence-electron chi connectivity index (χ3n) is 2.01. The summed E-state index contributed by atoms with van der Waals surface area (Å²) < 4.78 is 0. The first-order chi connectivity index (χ1) is 7.03. The van der Waals surface area contributed by atoms with Crippen LogP contribution in [0, 0.1) is 0 Å². The number of hydrogen-bond donors (Lipinski definition) is 4. The van der Waals surface area contributed by atoms with Gasteiger partial charge in [-0.25, -0.2) is 5.84 Å². The molecule has 1 rings (SSSR count). The zero-order valence-electron chi connectivity index (χ0n) is 7.81. The summed E-state index contributed by atoms with van der Waals surface area (Å²) in [6.07, 6.45) is 0. The summed E-state index contributed by atoms with van der Waals surface area (Å²) in [5, 5.41) is 9.86. The maximum atomic E-state index is 11.3. The fourth-order valence-electron chi connectivity index (χ4n) is 1.17. The van der Waals surface area contributed by atoms with Gasteiger partial charge in [0, 0.05) is 5.56 Å². The Kier molecular flexibility index (Phi) is 3.03. The third-order valence-corrected chi connectivity index (χ3v) is 2.01. The number of benzene rings is 1. The number of carbonyl (C=O) groups is 2. The van der Waals surface area contributed by atoms with Crippen LogP contribution in [0.5, 0.6) is 0 Å². The van der Waals surface area contributed by atoms with E-state index in [9.17, 15) is 14.7 Å². The van der Waals surface area contributed by atoms with Gasteiger partial charge in [0.15, 0.2) is 0 Å². The van der Waals surface area contributed by atoms with E-state index in [1.807, 2.05) is 0 Å². The van der Waals surface area contributed by atoms with Crippen molar-refractivity contribution in [3.05, 3.63) is 35.9 Å². The molecule has 0 saturated carbocycles. The Labute approximate surface area is 85.8 Å². The molecule has 0 heterocycles. The van der Waals surface area contributed by atoms with E-state index in [4.69, 9.17) is 11.6 Å². The van der Waals surface area contributed by atoms with Crippen LogP contribution in [-0.2, 0) is 15.2 Å². The molecule has 0 fully saturated rings. The van der Waals surface area contributed by atoms with E-state index < -0.39 is 17.4 Å². The van der Waals surface area contributed by atoms with Gasteiger partial charge in [0.25, 0.3) is 11.8 Å². The minimum atomic E-state index is -2.43. The van der Waals surface area contributed by atoms with E-state index >= 15 is 0 Å². The molecule has 1 unspecified atom stereocenters. The number of hydrazine groups is 1. The van der Waals surface area contributed by atoms with Crippen LogP contribution in [0.15, 0.2) is 30.3 Å². The Morgan fingerprint density at radius 1 is 1.27 bits per heavy atom. The number of rotatable bonds is 3. The molecule has 0 bridgehead atoms. The second-order valence-corrected chi connectivity index (χ2v) is 2.91. The maximum Gasteiger partial charge on any atom is 0.280 e. The average Bonchev–Trinajstić information content (AvgIpc) is 2.27. The highest BCUT2D eigenvalue weighted by molar-refractivity contribution is 6.07. The van der Waals surface area contributed by atoms with Crippen molar-refractivity contribution in [2.24, 2.45) is 11.6 Å². The molecule has 0 aliphatic heterocycles. The fraction of sp³-hybridized carbons (Fsp3) is 0.111. The molecule has 0 aliphatic rings. The lowest BCUT2D eigenvalue weighted by Gasteiger charge is -2.22. The zero-order chi connectivity index (χ0) is 11.5. The first kappa shape index (κ1) is 11.2. The molecule has 0 spiro atoms. The average molecular weight is 209 g/mol. The van der Waals surface area contributed by atoms with E-state index in [0.717, 1.165) is 0 Å². The second-order valence-electron chi connectivity index (χ2n) is 2.91. The van der Waals surface area contributed by atoms with Crippen LogP contribution in [0.1, 0.15) is 5.56 Å². The number of amides is 2. The van der Waals surface area contributed by atoms with E-state index in [1.54, 1.807) is 23.6 Å². The van der Waals surface area contributed by atoms with Crippen molar-refractivity contribution in [2.45, 2.75) is 5.60 Å². The van der Waals surface area contributed by atoms with Crippen molar-refractivity contribution in [2.75, 3.05) is 0 Å². The van der Waals surface area contributed by atoms with Gasteiger partial charge in [-0.2, -0.15) is 0 Å². The SMILES string of the molecule is NNC(=O)C(O)(C(N)=O)c1ccccc1. The molecule has 2 amide bonds. The number of aliphatic hydroxyl groups is 1. The number of carbonyl (C=O) groups excluding carboxylic acids is 2. The van der Waals surface area contributed by atoms with E-state index in [0.29, 0.717) is 0 Å². The van der Waals surface area contributed by atoms with Crippen LogP contribution < -0.4 is 17.0 Å². The summed E-state index contributed by atoms with van der Waals surface area (Å²) >= 11 is 0. The Hall–Kier alpha value is -1.92. The summed E-state index contributed by atoms with van der Waals surface area (Å²) in [4.78, 5) is 22.4. The molecule has 80 valence electrons. The summed E-state index contributed by atoms with van der Waals surface area (Å²) in [6.45, 7) is 0. The quantitative estimate of drug-likeness (QED) is 0.206. The summed E-state index contributed by atoms with van der Waals surface area (Å²) in [5.41, 5.74) is 4.31. The van der Waals surface area contributed by atoms with Crippen molar-refractivity contribution >= 4 is 11.8 Å². The summed E-state index contributed by atoms with van der Waals surface area (Å²) in [5.74, 6) is 2.61. The molecule has 15 heavy (non-hydrogen) atoms. The highest BCUT2D eigenvalue weighted by atomic mass is 16.3. The van der Waals surface area contributed by atoms with Gasteiger partial charge in [-0.05, 0) is 0 Å². The molecule has 0 radical (unpaired) electrons. The molecule has 6 heteroatoms. The number of hydrogen-bond acceptors (Lipinski definition) is 4. The highest BCUT2D eigenvalue weighted by Crippen LogP contribution is 2.20. The van der Waals surface area contributed by atoms with Gasteiger partial charge >= 0.3 is 0 Å². The first-order valence-electron chi connectivity index (χ1n) is 4.12. The van der Waals surface area contributed by atoms with Gasteiger partial charge in [-0.1, -0.05) is 30.3 Å². The molecule has 6 nitrogen and oxygen atoms in total.